The number of anilines is 1. The molecule has 2 saturated carbocycles. The van der Waals surface area contributed by atoms with E-state index in [1.165, 1.54) is 0 Å². The number of thioether (sulfide) groups is 1. The van der Waals surface area contributed by atoms with Gasteiger partial charge >= 0.3 is 0 Å². The van der Waals surface area contributed by atoms with Gasteiger partial charge in [0, 0.05) is 36.4 Å². The number of benzene rings is 1. The minimum Gasteiger partial charge on any atom is -0.394 e. The minimum atomic E-state index is -4.24. The number of nitrogens with one attached hydrogen (secondary N) is 1. The molecular formula is C24H31FN6O4S. The Morgan fingerprint density at radius 1 is 1.36 bits per heavy atom. The van der Waals surface area contributed by atoms with E-state index < -0.39 is 131 Å². The van der Waals surface area contributed by atoms with Crippen molar-refractivity contribution < 1.29 is 49.1 Å². The van der Waals surface area contributed by atoms with Gasteiger partial charge in [0.25, 0.3) is 0 Å². The molecule has 2 heterocycles. The smallest absolute Gasteiger partial charge is 0.191 e. The van der Waals surface area contributed by atoms with Gasteiger partial charge in [0.15, 0.2) is 22.1 Å². The highest BCUT2D eigenvalue weighted by atomic mass is 32.2. The van der Waals surface area contributed by atoms with Gasteiger partial charge in [-0.1, -0.05) is 36.0 Å². The molecule has 1 aromatic carbocycles. The van der Waals surface area contributed by atoms with E-state index in [1.807, 2.05) is 0 Å². The van der Waals surface area contributed by atoms with Crippen LogP contribution in [0.25, 0.3) is 11.2 Å². The number of hydrogen-bond donors (Lipinski definition) is 4. The topological polar surface area (TPSA) is 138 Å². The second-order valence-electron chi connectivity index (χ2n) is 7.25. The van der Waals surface area contributed by atoms with Gasteiger partial charge < -0.3 is 25.4 Å². The summed E-state index contributed by atoms with van der Waals surface area (Å²) >= 11 is -0.0300. The van der Waals surface area contributed by atoms with E-state index in [-0.39, 0.29) is 16.4 Å². The Kier molecular flexibility index (Phi) is 3.39. The van der Waals surface area contributed by atoms with Gasteiger partial charge in [0.05, 0.1) is 37.6 Å². The summed E-state index contributed by atoms with van der Waals surface area (Å²) in [6, 6.07) is -8.49. The van der Waals surface area contributed by atoms with Gasteiger partial charge in [0.1, 0.15) is 18.0 Å². The van der Waals surface area contributed by atoms with Crippen molar-refractivity contribution in [1.82, 2.24) is 25.0 Å². The molecule has 2 aromatic heterocycles. The molecule has 6 atom stereocenters. The molecule has 0 radical (unpaired) electrons. The summed E-state index contributed by atoms with van der Waals surface area (Å²) < 4.78 is 169. The van der Waals surface area contributed by atoms with E-state index in [1.54, 1.807) is 0 Å². The number of hydrogen-bond acceptors (Lipinski definition) is 10. The van der Waals surface area contributed by atoms with Gasteiger partial charge in [-0.25, -0.2) is 19.0 Å². The zero-order valence-electron chi connectivity index (χ0n) is 36.6. The summed E-state index contributed by atoms with van der Waals surface area (Å²) in [6.07, 6.45) is -21.9. The van der Waals surface area contributed by atoms with Gasteiger partial charge in [-0.2, -0.15) is 0 Å². The molecule has 36 heavy (non-hydrogen) atoms. The molecule has 194 valence electrons. The first-order chi connectivity index (χ1) is 24.0. The molecule has 0 aliphatic heterocycles. The van der Waals surface area contributed by atoms with Crippen molar-refractivity contribution in [2.75, 3.05) is 24.2 Å². The number of ether oxygens (including phenoxy) is 1. The molecule has 2 aliphatic carbocycles. The van der Waals surface area contributed by atoms with Crippen LogP contribution in [-0.4, -0.2) is 83.4 Å². The molecule has 0 spiro atoms. The van der Waals surface area contributed by atoms with Crippen molar-refractivity contribution in [3.05, 3.63) is 35.1 Å². The van der Waals surface area contributed by atoms with Crippen LogP contribution in [0.3, 0.4) is 0 Å². The zero-order valence-corrected chi connectivity index (χ0v) is 19.4. The predicted molar refractivity (Wildman–Crippen MR) is 133 cm³/mol. The predicted octanol–water partition coefficient (Wildman–Crippen LogP) is 2.18. The van der Waals surface area contributed by atoms with Crippen LogP contribution in [0.4, 0.5) is 10.2 Å². The van der Waals surface area contributed by atoms with E-state index >= 15 is 0 Å². The zero-order chi connectivity index (χ0) is 41.6. The number of nitrogens with zero attached hydrogens (tertiary/aromatic N) is 5. The second kappa shape index (κ2) is 10.5. The fourth-order valence-electron chi connectivity index (χ4n) is 3.15. The lowest BCUT2D eigenvalue weighted by Gasteiger charge is -2.17. The Bertz CT molecular complexity index is 2020. The average Bonchev–Trinajstić information content (AvgIpc) is 3.27. The maximum absolute atomic E-state index is 14.9. The van der Waals surface area contributed by atoms with Crippen LogP contribution in [0.1, 0.15) is 73.8 Å². The lowest BCUT2D eigenvalue weighted by atomic mass is 10.1. The Hall–Kier alpha value is -2.38. The normalized spacial score (nSPS) is 49.1. The van der Waals surface area contributed by atoms with Crippen molar-refractivity contribution >= 4 is 28.7 Å². The van der Waals surface area contributed by atoms with E-state index in [9.17, 15) is 19.7 Å². The van der Waals surface area contributed by atoms with E-state index in [2.05, 4.69) is 25.6 Å². The first-order valence-corrected chi connectivity index (χ1v) is 11.0. The van der Waals surface area contributed by atoms with Crippen molar-refractivity contribution in [2.24, 2.45) is 0 Å². The maximum Gasteiger partial charge on any atom is 0.191 e. The number of halogens is 1. The Morgan fingerprint density at radius 3 is 2.97 bits per heavy atom. The molecule has 0 saturated heterocycles. The van der Waals surface area contributed by atoms with Crippen LogP contribution in [0.5, 0.6) is 0 Å². The third-order valence-electron chi connectivity index (χ3n) is 4.91. The van der Waals surface area contributed by atoms with Crippen molar-refractivity contribution in [2.45, 2.75) is 74.3 Å². The molecule has 2 aliphatic rings. The standard InChI is InChI=1S/C24H31FN6O4S/c1-3-8-36-24-27-22(26-16-10-14(16)13-5-4-12(2)15(25)9-13)19-23(28-24)31(30-29-19)17-11-18(35-7-6-32)21(34)20(17)33/h4-5,9,14,16-18,20-21,32-34H,3,6-8,10-11H2,1-2H3,(H,26,27,28)/t14-,16+,17+,18-,20-,21+/m0/s1/i3D2,4D,5D,6D2,8D2,9D,10D2,11D2,14D,17D,18D,20D,21D. The molecule has 0 amide bonds. The average molecular weight is 537 g/mol. The quantitative estimate of drug-likeness (QED) is 0.225. The third kappa shape index (κ3) is 4.92. The van der Waals surface area contributed by atoms with Gasteiger partial charge in [-0.3, -0.25) is 0 Å². The summed E-state index contributed by atoms with van der Waals surface area (Å²) in [5.74, 6) is -4.74. The van der Waals surface area contributed by atoms with Crippen LogP contribution >= 0.6 is 11.8 Å². The number of aliphatic hydroxyl groups is 3. The van der Waals surface area contributed by atoms with Crippen LogP contribution in [0, 0.1) is 12.7 Å². The molecule has 0 unspecified atom stereocenters. The summed E-state index contributed by atoms with van der Waals surface area (Å²) in [4.78, 5) is 7.99. The van der Waals surface area contributed by atoms with Crippen LogP contribution in [0.15, 0.2) is 23.3 Å². The highest BCUT2D eigenvalue weighted by Crippen LogP contribution is 2.44. The molecule has 4 N–H and O–H groups in total. The van der Waals surface area contributed by atoms with Crippen LogP contribution in [-0.2, 0) is 4.74 Å². The summed E-state index contributed by atoms with van der Waals surface area (Å²) in [5.41, 5.74) is -5.86. The highest BCUT2D eigenvalue weighted by Gasteiger charge is 2.45. The van der Waals surface area contributed by atoms with Crippen molar-refractivity contribution in [3.8, 4) is 0 Å². The largest absolute Gasteiger partial charge is 0.394 e. The first-order valence-electron chi connectivity index (χ1n) is 19.2. The molecular weight excluding hydrogens is 487 g/mol. The van der Waals surface area contributed by atoms with E-state index in [0.29, 0.717) is 0 Å². The Balaban J connectivity index is 1.75. The molecule has 12 heteroatoms. The molecule has 5 rings (SSSR count). The van der Waals surface area contributed by atoms with Crippen LogP contribution < -0.4 is 5.32 Å². The lowest BCUT2D eigenvalue weighted by Crippen LogP contribution is -2.33. The molecule has 0 bridgehead atoms. The third-order valence-corrected chi connectivity index (χ3v) is 5.58. The fraction of sp³-hybridized carbons (Fsp3) is 0.583. The SMILES string of the molecule is [2H]c1c([2H])c([C@@]2([2H])[C@H](Nc3nc(SC([2H])([2H])C([2H])([2H])C)nc4c3nnn4[C@]3([2H])C([2H])([2H])[C@]([2H])(OCC([2H])([2H])O)[C@@]([2H])(O)[C@@]3([2H])O)C2([2H])[2H])c([2H])c(F)c1C. The highest BCUT2D eigenvalue weighted by molar-refractivity contribution is 7.99. The molecule has 10 nitrogen and oxygen atoms in total. The van der Waals surface area contributed by atoms with E-state index in [0.717, 1.165) is 13.8 Å². The lowest BCUT2D eigenvalue weighted by molar-refractivity contribution is -0.0629. The molecule has 2 fully saturated rings. The van der Waals surface area contributed by atoms with Crippen molar-refractivity contribution in [3.63, 3.8) is 0 Å². The monoisotopic (exact) mass is 536 g/mol. The maximum atomic E-state index is 14.9. The number of fused-ring (bicyclic) bond motifs is 1. The molecule has 3 aromatic rings. The number of aromatic nitrogens is 5. The van der Waals surface area contributed by atoms with Crippen molar-refractivity contribution in [1.29, 1.82) is 0 Å². The Labute approximate surface area is 237 Å². The second-order valence-corrected chi connectivity index (χ2v) is 8.03. The summed E-state index contributed by atoms with van der Waals surface area (Å²) in [5, 5.41) is 40.7. The van der Waals surface area contributed by atoms with E-state index in [4.69, 9.17) is 29.4 Å². The Morgan fingerprint density at radius 2 is 2.19 bits per heavy atom. The van der Waals surface area contributed by atoms with Crippen LogP contribution in [0.2, 0.25) is 0 Å². The van der Waals surface area contributed by atoms with Gasteiger partial charge in [-0.05, 0) is 36.8 Å². The van der Waals surface area contributed by atoms with Gasteiger partial charge in [0.2, 0.25) is 0 Å². The minimum absolute atomic E-state index is 0.0300. The summed E-state index contributed by atoms with van der Waals surface area (Å²) in [7, 11) is 0. The summed E-state index contributed by atoms with van der Waals surface area (Å²) in [6.45, 7) is -3.00. The first kappa shape index (κ1) is 11.6. The number of rotatable bonds is 10. The van der Waals surface area contributed by atoms with Gasteiger partial charge in [-0.15, -0.1) is 5.10 Å². The fourth-order valence-corrected chi connectivity index (χ4v) is 3.61.